The monoisotopic (exact) mass is 228 g/mol. The van der Waals surface area contributed by atoms with E-state index in [-0.39, 0.29) is 17.1 Å². The summed E-state index contributed by atoms with van der Waals surface area (Å²) in [5, 5.41) is 3.35. The third-order valence-corrected chi connectivity index (χ3v) is 2.57. The van der Waals surface area contributed by atoms with Crippen LogP contribution in [0, 0.1) is 0 Å². The molecule has 0 radical (unpaired) electrons. The minimum atomic E-state index is 0.229. The summed E-state index contributed by atoms with van der Waals surface area (Å²) in [6.45, 7) is 1.58. The van der Waals surface area contributed by atoms with E-state index in [4.69, 9.17) is 22.1 Å². The smallest absolute Gasteiger partial charge is 0.173 e. The van der Waals surface area contributed by atoms with E-state index in [2.05, 4.69) is 15.3 Å². The Kier molecular flexibility index (Phi) is 3.23. The zero-order chi connectivity index (χ0) is 10.7. The van der Waals surface area contributed by atoms with Gasteiger partial charge in [0.1, 0.15) is 5.82 Å². The van der Waals surface area contributed by atoms with Gasteiger partial charge in [-0.1, -0.05) is 11.6 Å². The fourth-order valence-electron chi connectivity index (χ4n) is 1.48. The van der Waals surface area contributed by atoms with Crippen LogP contribution in [0.1, 0.15) is 12.8 Å². The standard InChI is InChI=1S/C9H13ClN4O/c10-8-9(11)13-5-7(14-8)12-4-6-2-1-3-15-6/h5-6H,1-4H2,(H2,11,13)(H,12,14)/t6-/m0/s1. The Balaban J connectivity index is 1.90. The summed E-state index contributed by atoms with van der Waals surface area (Å²) in [5.41, 5.74) is 5.45. The van der Waals surface area contributed by atoms with E-state index in [9.17, 15) is 0 Å². The van der Waals surface area contributed by atoms with Gasteiger partial charge in [-0.3, -0.25) is 0 Å². The Morgan fingerprint density at radius 2 is 2.53 bits per heavy atom. The number of anilines is 2. The highest BCUT2D eigenvalue weighted by atomic mass is 35.5. The number of nitrogens with zero attached hydrogens (tertiary/aromatic N) is 2. The number of ether oxygens (including phenoxy) is 1. The van der Waals surface area contributed by atoms with Gasteiger partial charge in [0.05, 0.1) is 12.3 Å². The van der Waals surface area contributed by atoms with Crippen LogP contribution < -0.4 is 11.1 Å². The molecule has 15 heavy (non-hydrogen) atoms. The fourth-order valence-corrected chi connectivity index (χ4v) is 1.62. The third-order valence-electron chi connectivity index (χ3n) is 2.29. The van der Waals surface area contributed by atoms with Crippen LogP contribution in [0.15, 0.2) is 6.20 Å². The predicted molar refractivity (Wildman–Crippen MR) is 58.9 cm³/mol. The molecule has 0 aliphatic carbocycles. The van der Waals surface area contributed by atoms with Crippen molar-refractivity contribution in [3.05, 3.63) is 11.3 Å². The molecule has 0 bridgehead atoms. The molecule has 0 unspecified atom stereocenters. The average Bonchev–Trinajstić information content (AvgIpc) is 2.73. The van der Waals surface area contributed by atoms with Crippen LogP contribution in [-0.4, -0.2) is 29.2 Å². The van der Waals surface area contributed by atoms with Crippen molar-refractivity contribution < 1.29 is 4.74 Å². The van der Waals surface area contributed by atoms with Gasteiger partial charge in [0, 0.05) is 13.2 Å². The minimum absolute atomic E-state index is 0.229. The van der Waals surface area contributed by atoms with E-state index in [0.29, 0.717) is 5.82 Å². The number of nitrogens with one attached hydrogen (secondary N) is 1. The molecule has 0 spiro atoms. The lowest BCUT2D eigenvalue weighted by atomic mass is 10.2. The van der Waals surface area contributed by atoms with Crippen LogP contribution in [0.4, 0.5) is 11.6 Å². The SMILES string of the molecule is Nc1ncc(NC[C@@H]2CCCO2)nc1Cl. The lowest BCUT2D eigenvalue weighted by Crippen LogP contribution is -2.19. The van der Waals surface area contributed by atoms with Gasteiger partial charge in [0.2, 0.25) is 0 Å². The molecule has 82 valence electrons. The second-order valence-electron chi connectivity index (χ2n) is 3.45. The molecule has 1 aromatic rings. The first-order valence-electron chi connectivity index (χ1n) is 4.89. The second kappa shape index (κ2) is 4.63. The first kappa shape index (κ1) is 10.4. The molecule has 6 heteroatoms. The Morgan fingerprint density at radius 1 is 1.67 bits per heavy atom. The van der Waals surface area contributed by atoms with Gasteiger partial charge in [-0.25, -0.2) is 9.97 Å². The number of hydrogen-bond donors (Lipinski definition) is 2. The van der Waals surface area contributed by atoms with Gasteiger partial charge in [-0.05, 0) is 12.8 Å². The molecule has 1 aromatic heterocycles. The van der Waals surface area contributed by atoms with Crippen LogP contribution in [-0.2, 0) is 4.74 Å². The minimum Gasteiger partial charge on any atom is -0.381 e. The van der Waals surface area contributed by atoms with E-state index in [1.54, 1.807) is 6.20 Å². The molecule has 1 fully saturated rings. The third kappa shape index (κ3) is 2.70. The van der Waals surface area contributed by atoms with Crippen LogP contribution in [0.2, 0.25) is 5.15 Å². The fraction of sp³-hybridized carbons (Fsp3) is 0.556. The molecule has 0 aromatic carbocycles. The average molecular weight is 229 g/mol. The number of hydrogen-bond acceptors (Lipinski definition) is 5. The molecule has 1 saturated heterocycles. The van der Waals surface area contributed by atoms with Crippen LogP contribution >= 0.6 is 11.6 Å². The molecule has 3 N–H and O–H groups in total. The number of nitrogens with two attached hydrogens (primary N) is 1. The topological polar surface area (TPSA) is 73.1 Å². The first-order valence-corrected chi connectivity index (χ1v) is 5.27. The first-order chi connectivity index (χ1) is 7.25. The van der Waals surface area contributed by atoms with E-state index in [1.165, 1.54) is 0 Å². The Bertz CT molecular complexity index is 341. The van der Waals surface area contributed by atoms with Gasteiger partial charge in [0.25, 0.3) is 0 Å². The molecule has 0 saturated carbocycles. The largest absolute Gasteiger partial charge is 0.381 e. The number of halogens is 1. The highest BCUT2D eigenvalue weighted by Gasteiger charge is 2.15. The number of aromatic nitrogens is 2. The summed E-state index contributed by atoms with van der Waals surface area (Å²) >= 11 is 5.74. The predicted octanol–water partition coefficient (Wildman–Crippen LogP) is 1.30. The van der Waals surface area contributed by atoms with Crippen molar-refractivity contribution in [3.8, 4) is 0 Å². The van der Waals surface area contributed by atoms with Crippen LogP contribution in [0.5, 0.6) is 0 Å². The lowest BCUT2D eigenvalue weighted by molar-refractivity contribution is 0.120. The molecule has 2 heterocycles. The summed E-state index contributed by atoms with van der Waals surface area (Å²) in [6, 6.07) is 0. The van der Waals surface area contributed by atoms with Gasteiger partial charge >= 0.3 is 0 Å². The van der Waals surface area contributed by atoms with E-state index in [1.807, 2.05) is 0 Å². The Hall–Kier alpha value is -1.07. The summed E-state index contributed by atoms with van der Waals surface area (Å²) in [5.74, 6) is 0.879. The van der Waals surface area contributed by atoms with Crippen LogP contribution in [0.25, 0.3) is 0 Å². The van der Waals surface area contributed by atoms with Gasteiger partial charge in [0.15, 0.2) is 11.0 Å². The molecule has 0 amide bonds. The summed E-state index contributed by atoms with van der Waals surface area (Å²) in [6.07, 6.45) is 4.04. The number of nitrogen functional groups attached to an aromatic ring is 1. The van der Waals surface area contributed by atoms with Crippen molar-refractivity contribution in [1.29, 1.82) is 0 Å². The maximum Gasteiger partial charge on any atom is 0.173 e. The highest BCUT2D eigenvalue weighted by Crippen LogP contribution is 2.16. The molecule has 2 rings (SSSR count). The zero-order valence-electron chi connectivity index (χ0n) is 8.24. The second-order valence-corrected chi connectivity index (χ2v) is 3.81. The molecule has 1 aliphatic heterocycles. The van der Waals surface area contributed by atoms with Crippen molar-refractivity contribution >= 4 is 23.2 Å². The van der Waals surface area contributed by atoms with E-state index < -0.39 is 0 Å². The van der Waals surface area contributed by atoms with Crippen molar-refractivity contribution in [1.82, 2.24) is 9.97 Å². The van der Waals surface area contributed by atoms with Crippen LogP contribution in [0.3, 0.4) is 0 Å². The van der Waals surface area contributed by atoms with Crippen molar-refractivity contribution in [2.75, 3.05) is 24.2 Å². The van der Waals surface area contributed by atoms with Gasteiger partial charge < -0.3 is 15.8 Å². The summed E-state index contributed by atoms with van der Waals surface area (Å²) in [7, 11) is 0. The van der Waals surface area contributed by atoms with Gasteiger partial charge in [-0.15, -0.1) is 0 Å². The van der Waals surface area contributed by atoms with Crippen molar-refractivity contribution in [2.45, 2.75) is 18.9 Å². The molecular formula is C9H13ClN4O. The maximum atomic E-state index is 5.74. The normalized spacial score (nSPS) is 20.5. The molecule has 5 nitrogen and oxygen atoms in total. The maximum absolute atomic E-state index is 5.74. The highest BCUT2D eigenvalue weighted by molar-refractivity contribution is 6.31. The van der Waals surface area contributed by atoms with E-state index >= 15 is 0 Å². The lowest BCUT2D eigenvalue weighted by Gasteiger charge is -2.11. The summed E-state index contributed by atoms with van der Waals surface area (Å²) in [4.78, 5) is 7.95. The Morgan fingerprint density at radius 3 is 3.20 bits per heavy atom. The quantitative estimate of drug-likeness (QED) is 0.816. The van der Waals surface area contributed by atoms with Crippen molar-refractivity contribution in [3.63, 3.8) is 0 Å². The van der Waals surface area contributed by atoms with Gasteiger partial charge in [-0.2, -0.15) is 0 Å². The molecular weight excluding hydrogens is 216 g/mol. The van der Waals surface area contributed by atoms with Crippen molar-refractivity contribution in [2.24, 2.45) is 0 Å². The Labute approximate surface area is 93.0 Å². The number of rotatable bonds is 3. The molecule has 1 aliphatic rings. The molecule has 1 atom stereocenters. The zero-order valence-corrected chi connectivity index (χ0v) is 9.00. The van der Waals surface area contributed by atoms with E-state index in [0.717, 1.165) is 26.0 Å². The summed E-state index contributed by atoms with van der Waals surface area (Å²) < 4.78 is 5.46.